The molecule has 1 aromatic heterocycles. The lowest BCUT2D eigenvalue weighted by Crippen LogP contribution is -1.95. The van der Waals surface area contributed by atoms with Crippen molar-refractivity contribution in [2.75, 3.05) is 5.32 Å². The number of hydrogen-bond acceptors (Lipinski definition) is 3. The molecule has 0 saturated heterocycles. The summed E-state index contributed by atoms with van der Waals surface area (Å²) < 4.78 is 2.81. The Labute approximate surface area is 118 Å². The fourth-order valence-corrected chi connectivity index (χ4v) is 2.59. The predicted molar refractivity (Wildman–Crippen MR) is 74.9 cm³/mol. The highest BCUT2D eigenvalue weighted by Gasteiger charge is 2.04. The van der Waals surface area contributed by atoms with Crippen molar-refractivity contribution in [1.82, 2.24) is 9.97 Å². The van der Waals surface area contributed by atoms with Gasteiger partial charge in [0, 0.05) is 15.1 Å². The third kappa shape index (κ3) is 2.81. The maximum atomic E-state index is 4.14. The van der Waals surface area contributed by atoms with E-state index in [0.29, 0.717) is 0 Å². The molecule has 0 fully saturated rings. The summed E-state index contributed by atoms with van der Waals surface area (Å²) in [6, 6.07) is 5.89. The third-order valence-corrected chi connectivity index (χ3v) is 3.58. The second kappa shape index (κ2) is 5.25. The summed E-state index contributed by atoms with van der Waals surface area (Å²) in [5.41, 5.74) is 0.947. The lowest BCUT2D eigenvalue weighted by molar-refractivity contribution is 1.15. The molecule has 1 heterocycles. The van der Waals surface area contributed by atoms with Gasteiger partial charge in [0.1, 0.15) is 12.1 Å². The number of halogens is 3. The molecular formula is C10H6Br3N3. The third-order valence-electron chi connectivity index (χ3n) is 1.85. The van der Waals surface area contributed by atoms with Gasteiger partial charge in [-0.2, -0.15) is 0 Å². The van der Waals surface area contributed by atoms with Gasteiger partial charge in [-0.15, -0.1) is 0 Å². The summed E-state index contributed by atoms with van der Waals surface area (Å²) in [6.45, 7) is 0. The first-order valence-corrected chi connectivity index (χ1v) is 6.72. The first kappa shape index (κ1) is 12.0. The summed E-state index contributed by atoms with van der Waals surface area (Å²) in [7, 11) is 0. The molecule has 1 N–H and O–H groups in total. The Hall–Kier alpha value is -0.460. The van der Waals surface area contributed by atoms with Crippen LogP contribution in [0.2, 0.25) is 0 Å². The topological polar surface area (TPSA) is 37.8 Å². The molecule has 0 saturated carbocycles. The van der Waals surface area contributed by atoms with Gasteiger partial charge in [0.15, 0.2) is 0 Å². The Morgan fingerprint density at radius 2 is 1.88 bits per heavy atom. The van der Waals surface area contributed by atoms with Crippen molar-refractivity contribution in [3.05, 3.63) is 44.1 Å². The Morgan fingerprint density at radius 1 is 1.06 bits per heavy atom. The fraction of sp³-hybridized carbons (Fsp3) is 0. The summed E-state index contributed by atoms with van der Waals surface area (Å²) in [4.78, 5) is 8.04. The molecule has 0 unspecified atom stereocenters. The van der Waals surface area contributed by atoms with Crippen LogP contribution in [0.4, 0.5) is 11.5 Å². The van der Waals surface area contributed by atoms with E-state index < -0.39 is 0 Å². The molecule has 0 bridgehead atoms. The van der Waals surface area contributed by atoms with Crippen molar-refractivity contribution in [3.8, 4) is 0 Å². The van der Waals surface area contributed by atoms with Gasteiger partial charge in [-0.1, -0.05) is 15.9 Å². The van der Waals surface area contributed by atoms with Crippen molar-refractivity contribution in [3.63, 3.8) is 0 Å². The van der Waals surface area contributed by atoms with E-state index in [4.69, 9.17) is 0 Å². The smallest absolute Gasteiger partial charge is 0.148 e. The fourth-order valence-electron chi connectivity index (χ4n) is 1.12. The quantitative estimate of drug-likeness (QED) is 0.796. The highest BCUT2D eigenvalue weighted by atomic mass is 79.9. The van der Waals surface area contributed by atoms with Gasteiger partial charge in [0.25, 0.3) is 0 Å². The molecule has 82 valence electrons. The molecule has 2 rings (SSSR count). The van der Waals surface area contributed by atoms with Crippen LogP contribution in [0.5, 0.6) is 0 Å². The van der Waals surface area contributed by atoms with Crippen LogP contribution >= 0.6 is 47.8 Å². The largest absolute Gasteiger partial charge is 0.338 e. The van der Waals surface area contributed by atoms with Gasteiger partial charge < -0.3 is 5.32 Å². The van der Waals surface area contributed by atoms with E-state index in [2.05, 4.69) is 63.1 Å². The van der Waals surface area contributed by atoms with Gasteiger partial charge >= 0.3 is 0 Å². The number of aromatic nitrogens is 2. The highest BCUT2D eigenvalue weighted by molar-refractivity contribution is 9.11. The van der Waals surface area contributed by atoms with Gasteiger partial charge in [-0.05, 0) is 50.1 Å². The zero-order chi connectivity index (χ0) is 11.5. The number of hydrogen-bond donors (Lipinski definition) is 1. The second-order valence-corrected chi connectivity index (χ2v) is 5.59. The van der Waals surface area contributed by atoms with Crippen molar-refractivity contribution >= 4 is 59.3 Å². The van der Waals surface area contributed by atoms with Gasteiger partial charge in [0.2, 0.25) is 0 Å². The lowest BCUT2D eigenvalue weighted by atomic mass is 10.3. The van der Waals surface area contributed by atoms with E-state index in [1.807, 2.05) is 18.2 Å². The normalized spacial score (nSPS) is 10.2. The van der Waals surface area contributed by atoms with Crippen molar-refractivity contribution in [1.29, 1.82) is 0 Å². The first-order chi connectivity index (χ1) is 7.66. The summed E-state index contributed by atoms with van der Waals surface area (Å²) in [5, 5.41) is 3.20. The Bertz CT molecular complexity index is 516. The van der Waals surface area contributed by atoms with Crippen LogP contribution in [0.1, 0.15) is 0 Å². The van der Waals surface area contributed by atoms with Gasteiger partial charge in [-0.3, -0.25) is 0 Å². The van der Waals surface area contributed by atoms with E-state index in [9.17, 15) is 0 Å². The summed E-state index contributed by atoms with van der Waals surface area (Å²) >= 11 is 10.3. The van der Waals surface area contributed by atoms with E-state index in [-0.39, 0.29) is 0 Å². The highest BCUT2D eigenvalue weighted by Crippen LogP contribution is 2.30. The molecule has 6 heteroatoms. The predicted octanol–water partition coefficient (Wildman–Crippen LogP) is 4.51. The van der Waals surface area contributed by atoms with Crippen molar-refractivity contribution in [2.24, 2.45) is 0 Å². The molecule has 0 spiro atoms. The molecule has 3 nitrogen and oxygen atoms in total. The second-order valence-electron chi connectivity index (χ2n) is 2.97. The number of nitrogens with one attached hydrogen (secondary N) is 1. The average molecular weight is 408 g/mol. The minimum atomic E-state index is 0.734. The molecular weight excluding hydrogens is 402 g/mol. The number of anilines is 2. The van der Waals surface area contributed by atoms with Gasteiger partial charge in [0.05, 0.1) is 10.2 Å². The Balaban J connectivity index is 2.31. The number of rotatable bonds is 2. The van der Waals surface area contributed by atoms with Crippen molar-refractivity contribution in [2.45, 2.75) is 0 Å². The van der Waals surface area contributed by atoms with E-state index in [0.717, 1.165) is 24.9 Å². The van der Waals surface area contributed by atoms with Crippen LogP contribution in [0.3, 0.4) is 0 Å². The molecule has 0 atom stereocenters. The van der Waals surface area contributed by atoms with Crippen LogP contribution in [-0.2, 0) is 0 Å². The SMILES string of the molecule is Brc1ccc(Nc2ncncc2Br)c(Br)c1. The zero-order valence-corrected chi connectivity index (χ0v) is 12.7. The van der Waals surface area contributed by atoms with E-state index in [1.165, 1.54) is 6.33 Å². The van der Waals surface area contributed by atoms with Crippen LogP contribution < -0.4 is 5.32 Å². The summed E-state index contributed by atoms with van der Waals surface area (Å²) in [5.74, 6) is 0.734. The molecule has 1 aromatic carbocycles. The van der Waals surface area contributed by atoms with Crippen LogP contribution in [-0.4, -0.2) is 9.97 Å². The minimum absolute atomic E-state index is 0.734. The lowest BCUT2D eigenvalue weighted by Gasteiger charge is -2.08. The Morgan fingerprint density at radius 3 is 2.56 bits per heavy atom. The molecule has 0 aliphatic heterocycles. The van der Waals surface area contributed by atoms with Crippen LogP contribution in [0.25, 0.3) is 0 Å². The number of nitrogens with zero attached hydrogens (tertiary/aromatic N) is 2. The minimum Gasteiger partial charge on any atom is -0.338 e. The number of benzene rings is 1. The zero-order valence-electron chi connectivity index (χ0n) is 7.92. The maximum Gasteiger partial charge on any atom is 0.148 e. The molecule has 0 radical (unpaired) electrons. The average Bonchev–Trinajstić information content (AvgIpc) is 2.25. The molecule has 0 aliphatic rings. The van der Waals surface area contributed by atoms with E-state index >= 15 is 0 Å². The maximum absolute atomic E-state index is 4.14. The van der Waals surface area contributed by atoms with Crippen LogP contribution in [0.15, 0.2) is 44.1 Å². The molecule has 16 heavy (non-hydrogen) atoms. The monoisotopic (exact) mass is 405 g/mol. The molecule has 0 amide bonds. The molecule has 2 aromatic rings. The standard InChI is InChI=1S/C10H6Br3N3/c11-6-1-2-9(7(12)3-6)16-10-8(13)4-14-5-15-10/h1-5H,(H,14,15,16). The van der Waals surface area contributed by atoms with Crippen LogP contribution in [0, 0.1) is 0 Å². The van der Waals surface area contributed by atoms with Gasteiger partial charge in [-0.25, -0.2) is 9.97 Å². The Kier molecular flexibility index (Phi) is 3.94. The summed E-state index contributed by atoms with van der Waals surface area (Å²) in [6.07, 6.45) is 3.20. The molecule has 0 aliphatic carbocycles. The van der Waals surface area contributed by atoms with Crippen molar-refractivity contribution < 1.29 is 0 Å². The first-order valence-electron chi connectivity index (χ1n) is 4.34. The van der Waals surface area contributed by atoms with E-state index in [1.54, 1.807) is 6.20 Å².